The van der Waals surface area contributed by atoms with E-state index in [1.807, 2.05) is 0 Å². The number of hydrogen-bond acceptors (Lipinski definition) is 6. The highest BCUT2D eigenvalue weighted by molar-refractivity contribution is 7.16. The number of hydrogen-bond donors (Lipinski definition) is 1. The first-order valence-corrected chi connectivity index (χ1v) is 6.25. The molecule has 98 valence electrons. The van der Waals surface area contributed by atoms with E-state index in [0.29, 0.717) is 16.4 Å². The summed E-state index contributed by atoms with van der Waals surface area (Å²) in [6.45, 7) is 3.74. The van der Waals surface area contributed by atoms with Crippen molar-refractivity contribution in [3.63, 3.8) is 0 Å². The van der Waals surface area contributed by atoms with Crippen LogP contribution >= 0.6 is 11.3 Å². The molecule has 0 fully saturated rings. The lowest BCUT2D eigenvalue weighted by molar-refractivity contribution is -0.383. The van der Waals surface area contributed by atoms with E-state index in [9.17, 15) is 15.2 Å². The van der Waals surface area contributed by atoms with E-state index in [1.54, 1.807) is 25.8 Å². The van der Waals surface area contributed by atoms with E-state index in [2.05, 4.69) is 6.07 Å². The van der Waals surface area contributed by atoms with Gasteiger partial charge < -0.3 is 10.0 Å². The number of rotatable bonds is 5. The van der Waals surface area contributed by atoms with Gasteiger partial charge in [0.25, 0.3) is 0 Å². The zero-order chi connectivity index (χ0) is 13.9. The van der Waals surface area contributed by atoms with Crippen molar-refractivity contribution in [2.45, 2.75) is 20.0 Å². The van der Waals surface area contributed by atoms with E-state index in [-0.39, 0.29) is 11.6 Å². The number of thiophene rings is 1. The molecule has 0 aliphatic heterocycles. The topological polar surface area (TPSA) is 90.4 Å². The summed E-state index contributed by atoms with van der Waals surface area (Å²) in [7, 11) is 1.71. The summed E-state index contributed by atoms with van der Waals surface area (Å²) < 4.78 is 0. The van der Waals surface area contributed by atoms with Gasteiger partial charge in [0.1, 0.15) is 0 Å². The standard InChI is InChI=1S/C11H15N3O3S/c1-7(5-12)6-13(3)11-9(14(16)17)4-10(18-11)8(2)15/h4,7-8,15H,6H2,1-3H3/t7?,8-/m1/s1. The summed E-state index contributed by atoms with van der Waals surface area (Å²) in [5, 5.41) is 29.7. The fraction of sp³-hybridized carbons (Fsp3) is 0.545. The van der Waals surface area contributed by atoms with Crippen LogP contribution in [0, 0.1) is 27.4 Å². The van der Waals surface area contributed by atoms with Crippen LogP contribution in [0.5, 0.6) is 0 Å². The van der Waals surface area contributed by atoms with Crippen LogP contribution in [-0.4, -0.2) is 23.6 Å². The minimum Gasteiger partial charge on any atom is -0.388 e. The maximum absolute atomic E-state index is 11.0. The fourth-order valence-electron chi connectivity index (χ4n) is 1.53. The number of nitrogens with zero attached hydrogens (tertiary/aromatic N) is 3. The minimum absolute atomic E-state index is 0.0245. The van der Waals surface area contributed by atoms with Crippen molar-refractivity contribution < 1.29 is 10.0 Å². The summed E-state index contributed by atoms with van der Waals surface area (Å²) >= 11 is 1.18. The number of anilines is 1. The van der Waals surface area contributed by atoms with Crippen LogP contribution in [0.4, 0.5) is 10.7 Å². The SMILES string of the molecule is CC(C#N)CN(C)c1sc([C@@H](C)O)cc1[N+](=O)[O-]. The van der Waals surface area contributed by atoms with E-state index < -0.39 is 11.0 Å². The molecule has 0 spiro atoms. The van der Waals surface area contributed by atoms with E-state index in [1.165, 1.54) is 17.4 Å². The molecule has 1 aromatic rings. The van der Waals surface area contributed by atoms with Gasteiger partial charge in [-0.25, -0.2) is 0 Å². The van der Waals surface area contributed by atoms with Crippen LogP contribution in [0.15, 0.2) is 6.07 Å². The first-order chi connectivity index (χ1) is 8.36. The molecule has 0 amide bonds. The molecule has 0 aliphatic rings. The van der Waals surface area contributed by atoms with Crippen LogP contribution in [0.3, 0.4) is 0 Å². The number of aliphatic hydroxyl groups is 1. The third-order valence-corrected chi connectivity index (χ3v) is 3.84. The largest absolute Gasteiger partial charge is 0.388 e. The van der Waals surface area contributed by atoms with Crippen molar-refractivity contribution in [1.29, 1.82) is 5.26 Å². The molecule has 0 aromatic carbocycles. The van der Waals surface area contributed by atoms with Crippen molar-refractivity contribution in [3.8, 4) is 6.07 Å². The van der Waals surface area contributed by atoms with Gasteiger partial charge in [0.2, 0.25) is 0 Å². The Labute approximate surface area is 109 Å². The van der Waals surface area contributed by atoms with Crippen LogP contribution in [0.25, 0.3) is 0 Å². The van der Waals surface area contributed by atoms with Gasteiger partial charge in [0.15, 0.2) is 5.00 Å². The van der Waals surface area contributed by atoms with Crippen molar-refractivity contribution in [1.82, 2.24) is 0 Å². The Morgan fingerprint density at radius 2 is 2.28 bits per heavy atom. The average molecular weight is 269 g/mol. The molecule has 2 atom stereocenters. The Hall–Kier alpha value is -1.65. The summed E-state index contributed by atoms with van der Waals surface area (Å²) in [6, 6.07) is 3.47. The molecule has 1 aromatic heterocycles. The molecule has 7 heteroatoms. The van der Waals surface area contributed by atoms with Crippen LogP contribution in [-0.2, 0) is 0 Å². The molecule has 1 heterocycles. The van der Waals surface area contributed by atoms with Gasteiger partial charge in [-0.3, -0.25) is 10.1 Å². The molecule has 0 saturated heterocycles. The summed E-state index contributed by atoms with van der Waals surface area (Å²) in [5.41, 5.74) is -0.0245. The molecule has 1 unspecified atom stereocenters. The van der Waals surface area contributed by atoms with Gasteiger partial charge in [-0.15, -0.1) is 11.3 Å². The molecule has 0 bridgehead atoms. The molecule has 1 N–H and O–H groups in total. The predicted molar refractivity (Wildman–Crippen MR) is 69.7 cm³/mol. The van der Waals surface area contributed by atoms with Gasteiger partial charge in [-0.05, 0) is 13.8 Å². The second kappa shape index (κ2) is 5.80. The van der Waals surface area contributed by atoms with Crippen molar-refractivity contribution in [3.05, 3.63) is 21.1 Å². The van der Waals surface area contributed by atoms with Gasteiger partial charge in [-0.2, -0.15) is 5.26 Å². The van der Waals surface area contributed by atoms with Gasteiger partial charge in [-0.1, -0.05) is 0 Å². The highest BCUT2D eigenvalue weighted by atomic mass is 32.1. The van der Waals surface area contributed by atoms with E-state index in [0.717, 1.165) is 0 Å². The van der Waals surface area contributed by atoms with Gasteiger partial charge in [0.05, 0.1) is 23.0 Å². The second-order valence-corrected chi connectivity index (χ2v) is 5.25. The van der Waals surface area contributed by atoms with Gasteiger partial charge >= 0.3 is 5.69 Å². The van der Waals surface area contributed by atoms with Gasteiger partial charge in [0, 0.05) is 24.5 Å². The first-order valence-electron chi connectivity index (χ1n) is 5.43. The number of aliphatic hydroxyl groups excluding tert-OH is 1. The minimum atomic E-state index is -0.732. The van der Waals surface area contributed by atoms with Crippen molar-refractivity contribution in [2.75, 3.05) is 18.5 Å². The number of nitriles is 1. The highest BCUT2D eigenvalue weighted by Crippen LogP contribution is 2.39. The fourth-order valence-corrected chi connectivity index (χ4v) is 2.57. The molecule has 18 heavy (non-hydrogen) atoms. The Kier molecular flexibility index (Phi) is 4.64. The van der Waals surface area contributed by atoms with Crippen molar-refractivity contribution >= 4 is 22.0 Å². The maximum Gasteiger partial charge on any atom is 0.304 e. The van der Waals surface area contributed by atoms with Crippen molar-refractivity contribution in [2.24, 2.45) is 5.92 Å². The lowest BCUT2D eigenvalue weighted by Gasteiger charge is -2.17. The second-order valence-electron chi connectivity index (χ2n) is 4.18. The van der Waals surface area contributed by atoms with E-state index in [4.69, 9.17) is 5.26 Å². The lowest BCUT2D eigenvalue weighted by Crippen LogP contribution is -2.22. The first kappa shape index (κ1) is 14.4. The summed E-state index contributed by atoms with van der Waals surface area (Å²) in [6.07, 6.45) is -0.732. The molecule has 0 aliphatic carbocycles. The smallest absolute Gasteiger partial charge is 0.304 e. The zero-order valence-corrected chi connectivity index (χ0v) is 11.3. The Morgan fingerprint density at radius 3 is 2.72 bits per heavy atom. The predicted octanol–water partition coefficient (Wildman–Crippen LogP) is 2.31. The monoisotopic (exact) mass is 269 g/mol. The highest BCUT2D eigenvalue weighted by Gasteiger charge is 2.24. The molecular formula is C11H15N3O3S. The Bertz CT molecular complexity index is 478. The molecule has 0 saturated carbocycles. The Balaban J connectivity index is 3.06. The normalized spacial score (nSPS) is 13.7. The van der Waals surface area contributed by atoms with E-state index >= 15 is 0 Å². The Morgan fingerprint density at radius 1 is 1.67 bits per heavy atom. The number of nitro groups is 1. The third-order valence-electron chi connectivity index (χ3n) is 2.44. The molecular weight excluding hydrogens is 254 g/mol. The average Bonchev–Trinajstić information content (AvgIpc) is 2.73. The lowest BCUT2D eigenvalue weighted by atomic mass is 10.2. The quantitative estimate of drug-likeness (QED) is 0.654. The zero-order valence-electron chi connectivity index (χ0n) is 10.5. The van der Waals surface area contributed by atoms with Crippen LogP contribution < -0.4 is 4.90 Å². The molecule has 6 nitrogen and oxygen atoms in total. The molecule has 1 rings (SSSR count). The third kappa shape index (κ3) is 3.18. The molecule has 0 radical (unpaired) electrons. The van der Waals surface area contributed by atoms with Crippen LogP contribution in [0.1, 0.15) is 24.8 Å². The maximum atomic E-state index is 11.0. The summed E-state index contributed by atoms with van der Waals surface area (Å²) in [4.78, 5) is 12.7. The van der Waals surface area contributed by atoms with Crippen LogP contribution in [0.2, 0.25) is 0 Å². The summed E-state index contributed by atoms with van der Waals surface area (Å²) in [5.74, 6) is -0.216.